The molecule has 2 aromatic carbocycles. The van der Waals surface area contributed by atoms with E-state index in [1.807, 2.05) is 6.92 Å². The number of rotatable bonds is 8. The molecule has 0 saturated carbocycles. The molecule has 0 fully saturated rings. The summed E-state index contributed by atoms with van der Waals surface area (Å²) < 4.78 is 83.4. The highest BCUT2D eigenvalue weighted by atomic mass is 35.5. The number of allylic oxidation sites excluding steroid dienone is 2. The Balaban J connectivity index is 1.98. The van der Waals surface area contributed by atoms with Crippen LogP contribution in [0.25, 0.3) is 16.8 Å². The number of nitrogens with zero attached hydrogens (tertiary/aromatic N) is 1. The van der Waals surface area contributed by atoms with Crippen molar-refractivity contribution in [3.8, 4) is 11.3 Å². The molecule has 0 amide bonds. The number of benzene rings is 2. The summed E-state index contributed by atoms with van der Waals surface area (Å²) in [6.45, 7) is 6.32. The molecular formula is C29H26Cl2F6N4OS2. The maximum absolute atomic E-state index is 14.0. The van der Waals surface area contributed by atoms with Gasteiger partial charge in [0.15, 0.2) is 10.9 Å². The van der Waals surface area contributed by atoms with E-state index in [9.17, 15) is 31.1 Å². The van der Waals surface area contributed by atoms with Crippen molar-refractivity contribution in [3.05, 3.63) is 68.3 Å². The molecule has 0 saturated heterocycles. The first kappa shape index (κ1) is 34.3. The van der Waals surface area contributed by atoms with E-state index in [2.05, 4.69) is 10.3 Å². The van der Waals surface area contributed by atoms with Gasteiger partial charge in [-0.25, -0.2) is 4.98 Å². The van der Waals surface area contributed by atoms with E-state index < -0.39 is 51.5 Å². The number of hydrogen-bond donors (Lipinski definition) is 3. The molecule has 44 heavy (non-hydrogen) atoms. The van der Waals surface area contributed by atoms with Crippen LogP contribution in [0, 0.1) is 10.8 Å². The number of aromatic nitrogens is 1. The zero-order valence-electron chi connectivity index (χ0n) is 23.7. The van der Waals surface area contributed by atoms with E-state index in [0.29, 0.717) is 33.4 Å². The van der Waals surface area contributed by atoms with Gasteiger partial charge in [0, 0.05) is 27.5 Å². The average Bonchev–Trinajstić information content (AvgIpc) is 3.30. The molecule has 1 aromatic heterocycles. The standard InChI is InChI=1S/C29H26Cl2F6N4OS2/c1-12(39)21(14-7-15(28(32,33)34)9-16(8-14)29(35,36)37)23(24(42)27(3,4)5-6-38)41-26-40-22-18-11-20(31)19(30)10-17(18)13(2)43-25(22)44-26/h7-11,13,39H,5-6,38H2,1-4H3,(H,40,41)/b23-21+,39-12?. The number of carbonyl (C=O) groups is 1. The highest BCUT2D eigenvalue weighted by molar-refractivity contribution is 8.01. The third-order valence-corrected chi connectivity index (χ3v) is 10.1. The second kappa shape index (κ2) is 12.3. The number of anilines is 1. The minimum absolute atomic E-state index is 0.00419. The van der Waals surface area contributed by atoms with Gasteiger partial charge in [-0.05, 0) is 68.3 Å². The predicted octanol–water partition coefficient (Wildman–Crippen LogP) is 10.1. The first-order chi connectivity index (χ1) is 20.2. The fourth-order valence-electron chi connectivity index (χ4n) is 4.74. The van der Waals surface area contributed by atoms with Crippen LogP contribution in [0.15, 0.2) is 40.2 Å². The molecule has 0 spiro atoms. The molecule has 1 atom stereocenters. The molecule has 1 unspecified atom stereocenters. The molecule has 236 valence electrons. The van der Waals surface area contributed by atoms with Crippen LogP contribution in [0.1, 0.15) is 61.6 Å². The smallest absolute Gasteiger partial charge is 0.330 e. The van der Waals surface area contributed by atoms with Gasteiger partial charge >= 0.3 is 12.4 Å². The van der Waals surface area contributed by atoms with E-state index in [0.717, 1.165) is 21.1 Å². The summed E-state index contributed by atoms with van der Waals surface area (Å²) >= 11 is 15.1. The lowest BCUT2D eigenvalue weighted by molar-refractivity contribution is -0.143. The van der Waals surface area contributed by atoms with Gasteiger partial charge in [0.1, 0.15) is 0 Å². The maximum atomic E-state index is 14.0. The molecule has 15 heteroatoms. The van der Waals surface area contributed by atoms with Crippen molar-refractivity contribution >= 4 is 68.5 Å². The van der Waals surface area contributed by atoms with E-state index in [1.165, 1.54) is 18.7 Å². The summed E-state index contributed by atoms with van der Waals surface area (Å²) in [5.74, 6) is -0.667. The molecule has 1 aliphatic heterocycles. The monoisotopic (exact) mass is 694 g/mol. The zero-order chi connectivity index (χ0) is 32.9. The van der Waals surface area contributed by atoms with Crippen LogP contribution >= 0.6 is 46.3 Å². The van der Waals surface area contributed by atoms with Gasteiger partial charge in [0.25, 0.3) is 0 Å². The Labute approximate surface area is 267 Å². The Hall–Kier alpha value is -2.58. The summed E-state index contributed by atoms with van der Waals surface area (Å²) in [4.78, 5) is 18.7. The van der Waals surface area contributed by atoms with Crippen molar-refractivity contribution in [2.75, 3.05) is 11.9 Å². The van der Waals surface area contributed by atoms with Crippen molar-refractivity contribution in [1.82, 2.24) is 4.98 Å². The zero-order valence-corrected chi connectivity index (χ0v) is 26.8. The van der Waals surface area contributed by atoms with Crippen LogP contribution in [-0.2, 0) is 17.1 Å². The lowest BCUT2D eigenvalue weighted by Gasteiger charge is -2.26. The molecule has 2 heterocycles. The number of hydrogen-bond acceptors (Lipinski definition) is 7. The number of carbonyl (C=O) groups excluding carboxylic acids is 1. The Morgan fingerprint density at radius 2 is 1.59 bits per heavy atom. The highest BCUT2D eigenvalue weighted by Crippen LogP contribution is 2.53. The van der Waals surface area contributed by atoms with E-state index in [1.54, 1.807) is 26.0 Å². The van der Waals surface area contributed by atoms with Gasteiger partial charge in [-0.2, -0.15) is 26.3 Å². The lowest BCUT2D eigenvalue weighted by atomic mass is 9.80. The predicted molar refractivity (Wildman–Crippen MR) is 165 cm³/mol. The number of fused-ring (bicyclic) bond motifs is 3. The van der Waals surface area contributed by atoms with Crippen LogP contribution in [0.5, 0.6) is 0 Å². The second-order valence-corrected chi connectivity index (χ2v) is 14.2. The van der Waals surface area contributed by atoms with E-state index >= 15 is 0 Å². The Morgan fingerprint density at radius 1 is 1.02 bits per heavy atom. The van der Waals surface area contributed by atoms with Crippen molar-refractivity contribution < 1.29 is 31.1 Å². The summed E-state index contributed by atoms with van der Waals surface area (Å²) in [7, 11) is 0. The number of ketones is 1. The average molecular weight is 696 g/mol. The summed E-state index contributed by atoms with van der Waals surface area (Å²) in [6, 6.07) is 4.40. The molecule has 0 aliphatic carbocycles. The topological polar surface area (TPSA) is 91.9 Å². The second-order valence-electron chi connectivity index (χ2n) is 10.8. The Morgan fingerprint density at radius 3 is 2.11 bits per heavy atom. The van der Waals surface area contributed by atoms with E-state index in [-0.39, 0.29) is 35.1 Å². The van der Waals surface area contributed by atoms with Crippen molar-refractivity contribution in [2.45, 2.75) is 55.9 Å². The minimum Gasteiger partial charge on any atom is -0.330 e. The minimum atomic E-state index is -5.13. The number of nitrogens with one attached hydrogen (secondary N) is 2. The normalized spacial score (nSPS) is 15.8. The Bertz CT molecular complexity index is 1650. The quantitative estimate of drug-likeness (QED) is 0.124. The number of thiazole rings is 1. The molecule has 3 aromatic rings. The first-order valence-electron chi connectivity index (χ1n) is 13.0. The first-order valence-corrected chi connectivity index (χ1v) is 15.5. The summed E-state index contributed by atoms with van der Waals surface area (Å²) in [5, 5.41) is 12.1. The van der Waals surface area contributed by atoms with Crippen molar-refractivity contribution in [2.24, 2.45) is 11.1 Å². The fourth-order valence-corrected chi connectivity index (χ4v) is 7.56. The number of thioether (sulfide) groups is 1. The van der Waals surface area contributed by atoms with Crippen LogP contribution in [0.4, 0.5) is 31.5 Å². The number of halogens is 8. The van der Waals surface area contributed by atoms with Gasteiger partial charge in [-0.1, -0.05) is 48.4 Å². The molecule has 5 nitrogen and oxygen atoms in total. The number of Topliss-reactive ketones (excluding diaryl/α,β-unsaturated/α-hetero) is 1. The van der Waals surface area contributed by atoms with Gasteiger partial charge in [-0.3, -0.25) is 4.79 Å². The van der Waals surface area contributed by atoms with Crippen molar-refractivity contribution in [1.29, 1.82) is 5.41 Å². The summed E-state index contributed by atoms with van der Waals surface area (Å²) in [6.07, 6.45) is -10.1. The molecular weight excluding hydrogens is 669 g/mol. The molecule has 0 radical (unpaired) electrons. The van der Waals surface area contributed by atoms with Crippen LogP contribution in [0.3, 0.4) is 0 Å². The summed E-state index contributed by atoms with van der Waals surface area (Å²) in [5.41, 5.74) is 1.61. The molecule has 4 N–H and O–H groups in total. The lowest BCUT2D eigenvalue weighted by Crippen LogP contribution is -2.32. The van der Waals surface area contributed by atoms with Gasteiger partial charge < -0.3 is 16.5 Å². The van der Waals surface area contributed by atoms with Crippen molar-refractivity contribution in [3.63, 3.8) is 0 Å². The van der Waals surface area contributed by atoms with Gasteiger partial charge in [-0.15, -0.1) is 11.8 Å². The third kappa shape index (κ3) is 6.96. The number of alkyl halides is 6. The van der Waals surface area contributed by atoms with Crippen LogP contribution < -0.4 is 11.1 Å². The molecule has 1 aliphatic rings. The Kier molecular flexibility index (Phi) is 9.60. The van der Waals surface area contributed by atoms with Gasteiger partial charge in [0.05, 0.1) is 36.8 Å². The number of nitrogens with two attached hydrogens (primary N) is 1. The molecule has 4 rings (SSSR count). The van der Waals surface area contributed by atoms with E-state index in [4.69, 9.17) is 34.3 Å². The van der Waals surface area contributed by atoms with Crippen LogP contribution in [0.2, 0.25) is 10.0 Å². The van der Waals surface area contributed by atoms with Crippen LogP contribution in [-0.4, -0.2) is 23.0 Å². The SMILES string of the molecule is CC(=N)/C(=C(\Nc1nc2c(s1)SC(C)c1cc(Cl)c(Cl)cc1-2)C(=O)C(C)(C)CCN)c1cc(C(F)(F)F)cc(C(F)(F)F)c1. The highest BCUT2D eigenvalue weighted by Gasteiger charge is 2.39. The largest absolute Gasteiger partial charge is 0.416 e. The maximum Gasteiger partial charge on any atom is 0.416 e. The third-order valence-electron chi connectivity index (χ3n) is 7.01. The van der Waals surface area contributed by atoms with Gasteiger partial charge in [0.2, 0.25) is 0 Å². The fraction of sp³-hybridized carbons (Fsp3) is 0.345. The molecule has 0 bridgehead atoms.